The van der Waals surface area contributed by atoms with Gasteiger partial charge in [-0.05, 0) is 6.92 Å². The van der Waals surface area contributed by atoms with Crippen LogP contribution in [0.4, 0.5) is 0 Å². The molecule has 1 aliphatic rings. The molecule has 1 atom stereocenters. The van der Waals surface area contributed by atoms with Crippen LogP contribution in [-0.2, 0) is 28.7 Å². The summed E-state index contributed by atoms with van der Waals surface area (Å²) in [5.41, 5.74) is 0. The first kappa shape index (κ1) is 10.4. The molecule has 6 nitrogen and oxygen atoms in total. The molecule has 14 heavy (non-hydrogen) atoms. The second-order valence-electron chi connectivity index (χ2n) is 2.85. The summed E-state index contributed by atoms with van der Waals surface area (Å²) in [6.45, 7) is 1.22. The Morgan fingerprint density at radius 2 is 2.14 bits per heavy atom. The summed E-state index contributed by atoms with van der Waals surface area (Å²) in [5.74, 6) is -2.80. The Morgan fingerprint density at radius 1 is 1.50 bits per heavy atom. The normalized spacial score (nSPS) is 20.5. The van der Waals surface area contributed by atoms with Gasteiger partial charge in [-0.1, -0.05) is 0 Å². The van der Waals surface area contributed by atoms with E-state index in [1.54, 1.807) is 0 Å². The van der Waals surface area contributed by atoms with Gasteiger partial charge in [0.25, 0.3) is 0 Å². The smallest absolute Gasteiger partial charge is 0.355 e. The molecule has 1 saturated heterocycles. The van der Waals surface area contributed by atoms with Crippen molar-refractivity contribution in [1.29, 1.82) is 0 Å². The predicted molar refractivity (Wildman–Crippen MR) is 40.9 cm³/mol. The van der Waals surface area contributed by atoms with E-state index in [-0.39, 0.29) is 12.2 Å². The Kier molecular flexibility index (Phi) is 2.95. The van der Waals surface area contributed by atoms with Crippen LogP contribution in [0.1, 0.15) is 19.8 Å². The van der Waals surface area contributed by atoms with Crippen LogP contribution in [-0.4, -0.2) is 29.8 Å². The molecule has 0 amide bonds. The van der Waals surface area contributed by atoms with Crippen molar-refractivity contribution in [1.82, 2.24) is 0 Å². The fraction of sp³-hybridized carbons (Fsp3) is 0.500. The van der Waals surface area contributed by atoms with Crippen LogP contribution >= 0.6 is 0 Å². The molecule has 76 valence electrons. The summed E-state index contributed by atoms with van der Waals surface area (Å²) in [6, 6.07) is 0. The van der Waals surface area contributed by atoms with Crippen LogP contribution in [0.25, 0.3) is 0 Å². The number of hydrogen-bond acceptors (Lipinski definition) is 6. The zero-order valence-electron chi connectivity index (χ0n) is 7.44. The summed E-state index contributed by atoms with van der Waals surface area (Å²) in [4.78, 5) is 42.8. The maximum atomic E-state index is 10.9. The monoisotopic (exact) mass is 200 g/mol. The van der Waals surface area contributed by atoms with Crippen molar-refractivity contribution in [3.63, 3.8) is 0 Å². The van der Waals surface area contributed by atoms with Gasteiger partial charge in [0.15, 0.2) is 0 Å². The standard InChI is InChI=1S/C8H8O6/c1-4(9)2-6(10)13-5-3-7(11)14-8(5)12/h5H,2-3H2,1H3. The average molecular weight is 200 g/mol. The van der Waals surface area contributed by atoms with Crippen molar-refractivity contribution in [2.24, 2.45) is 0 Å². The lowest BCUT2D eigenvalue weighted by molar-refractivity contribution is -0.163. The molecule has 0 aromatic heterocycles. The second kappa shape index (κ2) is 3.99. The Labute approximate surface area is 79.2 Å². The molecule has 6 heteroatoms. The number of hydrogen-bond donors (Lipinski definition) is 0. The van der Waals surface area contributed by atoms with Gasteiger partial charge in [0.1, 0.15) is 12.2 Å². The molecule has 0 N–H and O–H groups in total. The van der Waals surface area contributed by atoms with Gasteiger partial charge in [-0.2, -0.15) is 0 Å². The molecule has 1 aliphatic heterocycles. The summed E-state index contributed by atoms with van der Waals surface area (Å²) >= 11 is 0. The highest BCUT2D eigenvalue weighted by atomic mass is 16.6. The number of esters is 3. The molecule has 0 spiro atoms. The van der Waals surface area contributed by atoms with Gasteiger partial charge in [0, 0.05) is 0 Å². The third-order valence-corrected chi connectivity index (χ3v) is 1.50. The van der Waals surface area contributed by atoms with Gasteiger partial charge in [0.2, 0.25) is 6.10 Å². The first-order valence-electron chi connectivity index (χ1n) is 3.92. The zero-order chi connectivity index (χ0) is 10.7. The maximum Gasteiger partial charge on any atom is 0.355 e. The molecule has 0 aromatic rings. The summed E-state index contributed by atoms with van der Waals surface area (Å²) in [6.07, 6.45) is -1.87. The molecule has 1 heterocycles. The highest BCUT2D eigenvalue weighted by Crippen LogP contribution is 2.12. The minimum absolute atomic E-state index is 0.275. The lowest BCUT2D eigenvalue weighted by atomic mass is 10.3. The minimum atomic E-state index is -1.19. The number of rotatable bonds is 3. The van der Waals surface area contributed by atoms with Crippen LogP contribution in [0.3, 0.4) is 0 Å². The number of ketones is 1. The lowest BCUT2D eigenvalue weighted by Crippen LogP contribution is -2.23. The first-order chi connectivity index (χ1) is 6.49. The van der Waals surface area contributed by atoms with Gasteiger partial charge < -0.3 is 9.47 Å². The molecule has 0 bridgehead atoms. The molecule has 0 aliphatic carbocycles. The van der Waals surface area contributed by atoms with E-state index in [9.17, 15) is 19.2 Å². The number of cyclic esters (lactones) is 2. The maximum absolute atomic E-state index is 10.9. The zero-order valence-corrected chi connectivity index (χ0v) is 7.44. The number of ether oxygens (including phenoxy) is 2. The largest absolute Gasteiger partial charge is 0.449 e. The highest BCUT2D eigenvalue weighted by molar-refractivity contribution is 5.99. The predicted octanol–water partition coefficient (Wildman–Crippen LogP) is -0.649. The van der Waals surface area contributed by atoms with E-state index < -0.39 is 30.4 Å². The summed E-state index contributed by atoms with van der Waals surface area (Å²) in [5, 5.41) is 0. The van der Waals surface area contributed by atoms with E-state index >= 15 is 0 Å². The van der Waals surface area contributed by atoms with Gasteiger partial charge in [-0.3, -0.25) is 14.4 Å². The highest BCUT2D eigenvalue weighted by Gasteiger charge is 2.36. The van der Waals surface area contributed by atoms with E-state index in [2.05, 4.69) is 9.47 Å². The first-order valence-corrected chi connectivity index (χ1v) is 3.92. The van der Waals surface area contributed by atoms with Crippen molar-refractivity contribution in [3.05, 3.63) is 0 Å². The molecule has 0 saturated carbocycles. The summed E-state index contributed by atoms with van der Waals surface area (Å²) < 4.78 is 8.69. The van der Waals surface area contributed by atoms with Crippen LogP contribution in [0.5, 0.6) is 0 Å². The topological polar surface area (TPSA) is 86.7 Å². The number of carbonyl (C=O) groups excluding carboxylic acids is 4. The Bertz CT molecular complexity index is 305. The number of Topliss-reactive ketones (excluding diaryl/α,β-unsaturated/α-hetero) is 1. The second-order valence-corrected chi connectivity index (χ2v) is 2.85. The average Bonchev–Trinajstić information content (AvgIpc) is 2.28. The van der Waals surface area contributed by atoms with Crippen LogP contribution in [0, 0.1) is 0 Å². The Balaban J connectivity index is 2.45. The SMILES string of the molecule is CC(=O)CC(=O)OC1CC(=O)OC1=O. The Hall–Kier alpha value is -1.72. The molecule has 0 radical (unpaired) electrons. The molecular weight excluding hydrogens is 192 g/mol. The molecule has 1 unspecified atom stereocenters. The molecule has 1 rings (SSSR count). The van der Waals surface area contributed by atoms with E-state index in [0.717, 1.165) is 0 Å². The third kappa shape index (κ3) is 2.65. The number of carbonyl (C=O) groups is 4. The van der Waals surface area contributed by atoms with Crippen molar-refractivity contribution in [2.45, 2.75) is 25.9 Å². The Morgan fingerprint density at radius 3 is 2.57 bits per heavy atom. The summed E-state index contributed by atoms with van der Waals surface area (Å²) in [7, 11) is 0. The quantitative estimate of drug-likeness (QED) is 0.444. The fourth-order valence-corrected chi connectivity index (χ4v) is 0.948. The molecular formula is C8H8O6. The molecule has 0 aromatic carbocycles. The molecule has 1 fully saturated rings. The van der Waals surface area contributed by atoms with E-state index in [4.69, 9.17) is 0 Å². The van der Waals surface area contributed by atoms with E-state index in [1.807, 2.05) is 0 Å². The van der Waals surface area contributed by atoms with Gasteiger partial charge >= 0.3 is 17.9 Å². The lowest BCUT2D eigenvalue weighted by Gasteiger charge is -2.05. The van der Waals surface area contributed by atoms with Crippen LogP contribution in [0.2, 0.25) is 0 Å². The van der Waals surface area contributed by atoms with Crippen LogP contribution < -0.4 is 0 Å². The van der Waals surface area contributed by atoms with Crippen molar-refractivity contribution < 1.29 is 28.7 Å². The van der Waals surface area contributed by atoms with Crippen LogP contribution in [0.15, 0.2) is 0 Å². The minimum Gasteiger partial charge on any atom is -0.449 e. The van der Waals surface area contributed by atoms with E-state index in [0.29, 0.717) is 0 Å². The van der Waals surface area contributed by atoms with E-state index in [1.165, 1.54) is 6.92 Å². The van der Waals surface area contributed by atoms with Gasteiger partial charge in [0.05, 0.1) is 6.42 Å². The third-order valence-electron chi connectivity index (χ3n) is 1.50. The van der Waals surface area contributed by atoms with Crippen molar-refractivity contribution >= 4 is 23.7 Å². The van der Waals surface area contributed by atoms with Crippen molar-refractivity contribution in [3.8, 4) is 0 Å². The van der Waals surface area contributed by atoms with Gasteiger partial charge in [-0.25, -0.2) is 4.79 Å². The fourth-order valence-electron chi connectivity index (χ4n) is 0.948. The van der Waals surface area contributed by atoms with Gasteiger partial charge in [-0.15, -0.1) is 0 Å². The van der Waals surface area contributed by atoms with Crippen molar-refractivity contribution in [2.75, 3.05) is 0 Å².